The highest BCUT2D eigenvalue weighted by atomic mass is 16.5. The third-order valence-corrected chi connectivity index (χ3v) is 2.64. The van der Waals surface area contributed by atoms with E-state index in [2.05, 4.69) is 0 Å². The van der Waals surface area contributed by atoms with Gasteiger partial charge in [0.15, 0.2) is 0 Å². The maximum atomic E-state index is 11.9. The van der Waals surface area contributed by atoms with Crippen LogP contribution in [0.15, 0.2) is 24.3 Å². The molecule has 1 rings (SSSR count). The topological polar surface area (TPSA) is 35.5 Å². The number of esters is 1. The summed E-state index contributed by atoms with van der Waals surface area (Å²) >= 11 is 0. The van der Waals surface area contributed by atoms with Crippen molar-refractivity contribution < 1.29 is 14.3 Å². The van der Waals surface area contributed by atoms with Crippen molar-refractivity contribution >= 4 is 5.97 Å². The van der Waals surface area contributed by atoms with Gasteiger partial charge in [0.25, 0.3) is 0 Å². The third kappa shape index (κ3) is 3.77. The molecule has 17 heavy (non-hydrogen) atoms. The molecule has 0 fully saturated rings. The smallest absolute Gasteiger partial charge is 0.313 e. The molecule has 0 bridgehead atoms. The third-order valence-electron chi connectivity index (χ3n) is 2.64. The molecule has 0 aliphatic carbocycles. The van der Waals surface area contributed by atoms with E-state index in [1.54, 1.807) is 7.11 Å². The molecular formula is C14H20O3. The fourth-order valence-corrected chi connectivity index (χ4v) is 1.70. The van der Waals surface area contributed by atoms with Crippen molar-refractivity contribution in [2.75, 3.05) is 13.7 Å². The molecule has 0 radical (unpaired) electrons. The summed E-state index contributed by atoms with van der Waals surface area (Å²) in [7, 11) is 1.62. The molecule has 0 saturated heterocycles. The van der Waals surface area contributed by atoms with Gasteiger partial charge in [-0.25, -0.2) is 0 Å². The minimum absolute atomic E-state index is 0.150. The monoisotopic (exact) mass is 236 g/mol. The van der Waals surface area contributed by atoms with Crippen molar-refractivity contribution in [3.8, 4) is 5.75 Å². The van der Waals surface area contributed by atoms with Crippen LogP contribution in [-0.2, 0) is 9.53 Å². The number of methoxy groups -OCH3 is 1. The number of carbonyl (C=O) groups is 1. The van der Waals surface area contributed by atoms with Crippen LogP contribution in [0.4, 0.5) is 0 Å². The van der Waals surface area contributed by atoms with E-state index in [1.165, 1.54) is 0 Å². The Bertz CT molecular complexity index is 360. The quantitative estimate of drug-likeness (QED) is 0.712. The summed E-state index contributed by atoms with van der Waals surface area (Å²) < 4.78 is 10.4. The van der Waals surface area contributed by atoms with E-state index >= 15 is 0 Å². The van der Waals surface area contributed by atoms with E-state index in [0.717, 1.165) is 24.2 Å². The Morgan fingerprint density at radius 1 is 1.35 bits per heavy atom. The van der Waals surface area contributed by atoms with Crippen LogP contribution in [0.5, 0.6) is 5.75 Å². The zero-order chi connectivity index (χ0) is 12.7. The SMILES string of the molecule is CCCOC(=O)C(CC)c1cccc(OC)c1. The normalized spacial score (nSPS) is 11.9. The first kappa shape index (κ1) is 13.6. The predicted molar refractivity (Wildman–Crippen MR) is 67.3 cm³/mol. The Morgan fingerprint density at radius 2 is 2.12 bits per heavy atom. The molecule has 1 aromatic rings. The second kappa shape index (κ2) is 6.94. The standard InChI is InChI=1S/C14H20O3/c1-4-9-17-14(15)13(5-2)11-7-6-8-12(10-11)16-3/h6-8,10,13H,4-5,9H2,1-3H3. The lowest BCUT2D eigenvalue weighted by Gasteiger charge is -2.15. The second-order valence-electron chi connectivity index (χ2n) is 3.90. The van der Waals surface area contributed by atoms with E-state index in [9.17, 15) is 4.79 Å². The Kier molecular flexibility index (Phi) is 5.53. The van der Waals surface area contributed by atoms with Crippen LogP contribution in [0.25, 0.3) is 0 Å². The highest BCUT2D eigenvalue weighted by molar-refractivity contribution is 5.78. The second-order valence-corrected chi connectivity index (χ2v) is 3.90. The fourth-order valence-electron chi connectivity index (χ4n) is 1.70. The molecule has 0 heterocycles. The van der Waals surface area contributed by atoms with Crippen LogP contribution in [-0.4, -0.2) is 19.7 Å². The van der Waals surface area contributed by atoms with Gasteiger partial charge in [0.2, 0.25) is 0 Å². The summed E-state index contributed by atoms with van der Waals surface area (Å²) in [6.45, 7) is 4.45. The van der Waals surface area contributed by atoms with E-state index in [-0.39, 0.29) is 11.9 Å². The van der Waals surface area contributed by atoms with Gasteiger partial charge in [-0.3, -0.25) is 4.79 Å². The Morgan fingerprint density at radius 3 is 2.71 bits per heavy atom. The first-order valence-corrected chi connectivity index (χ1v) is 6.03. The number of ether oxygens (including phenoxy) is 2. The van der Waals surface area contributed by atoms with Crippen LogP contribution in [0, 0.1) is 0 Å². The Labute approximate surface area is 103 Å². The van der Waals surface area contributed by atoms with E-state index in [0.29, 0.717) is 6.61 Å². The minimum Gasteiger partial charge on any atom is -0.497 e. The van der Waals surface area contributed by atoms with Crippen LogP contribution < -0.4 is 4.74 Å². The first-order valence-electron chi connectivity index (χ1n) is 6.03. The van der Waals surface area contributed by atoms with Crippen molar-refractivity contribution in [1.29, 1.82) is 0 Å². The van der Waals surface area contributed by atoms with Gasteiger partial charge in [0.1, 0.15) is 5.75 Å². The number of carbonyl (C=O) groups excluding carboxylic acids is 1. The molecule has 0 amide bonds. The average Bonchev–Trinajstić information content (AvgIpc) is 2.37. The molecule has 1 unspecified atom stereocenters. The van der Waals surface area contributed by atoms with E-state index in [4.69, 9.17) is 9.47 Å². The van der Waals surface area contributed by atoms with Crippen molar-refractivity contribution in [2.24, 2.45) is 0 Å². The van der Waals surface area contributed by atoms with E-state index in [1.807, 2.05) is 38.1 Å². The average molecular weight is 236 g/mol. The van der Waals surface area contributed by atoms with Crippen LogP contribution in [0.3, 0.4) is 0 Å². The molecule has 3 nitrogen and oxygen atoms in total. The molecular weight excluding hydrogens is 216 g/mol. The fraction of sp³-hybridized carbons (Fsp3) is 0.500. The van der Waals surface area contributed by atoms with Crippen LogP contribution >= 0.6 is 0 Å². The van der Waals surface area contributed by atoms with E-state index < -0.39 is 0 Å². The lowest BCUT2D eigenvalue weighted by atomic mass is 9.96. The number of hydrogen-bond donors (Lipinski definition) is 0. The zero-order valence-corrected chi connectivity index (χ0v) is 10.7. The van der Waals surface area contributed by atoms with Crippen LogP contribution in [0.2, 0.25) is 0 Å². The predicted octanol–water partition coefficient (Wildman–Crippen LogP) is 3.14. The summed E-state index contributed by atoms with van der Waals surface area (Å²) in [5.74, 6) is 0.420. The van der Waals surface area contributed by atoms with Gasteiger partial charge in [-0.05, 0) is 30.5 Å². The molecule has 0 aliphatic heterocycles. The number of hydrogen-bond acceptors (Lipinski definition) is 3. The van der Waals surface area contributed by atoms with Gasteiger partial charge in [0.05, 0.1) is 19.6 Å². The molecule has 3 heteroatoms. The minimum atomic E-state index is -0.198. The summed E-state index contributed by atoms with van der Waals surface area (Å²) in [6.07, 6.45) is 1.58. The van der Waals surface area contributed by atoms with Gasteiger partial charge in [-0.15, -0.1) is 0 Å². The van der Waals surface area contributed by atoms with Crippen molar-refractivity contribution in [3.05, 3.63) is 29.8 Å². The summed E-state index contributed by atoms with van der Waals surface area (Å²) in [5, 5.41) is 0. The van der Waals surface area contributed by atoms with Crippen molar-refractivity contribution in [3.63, 3.8) is 0 Å². The van der Waals surface area contributed by atoms with Crippen molar-refractivity contribution in [1.82, 2.24) is 0 Å². The molecule has 94 valence electrons. The van der Waals surface area contributed by atoms with Gasteiger partial charge >= 0.3 is 5.97 Å². The van der Waals surface area contributed by atoms with Gasteiger partial charge < -0.3 is 9.47 Å². The highest BCUT2D eigenvalue weighted by Crippen LogP contribution is 2.24. The largest absolute Gasteiger partial charge is 0.497 e. The Balaban J connectivity index is 2.81. The molecule has 0 saturated carbocycles. The molecule has 1 aromatic carbocycles. The molecule has 0 aromatic heterocycles. The first-order chi connectivity index (χ1) is 8.22. The van der Waals surface area contributed by atoms with Gasteiger partial charge in [0, 0.05) is 0 Å². The molecule has 0 N–H and O–H groups in total. The lowest BCUT2D eigenvalue weighted by Crippen LogP contribution is -2.15. The lowest BCUT2D eigenvalue weighted by molar-refractivity contribution is -0.145. The zero-order valence-electron chi connectivity index (χ0n) is 10.7. The molecule has 1 atom stereocenters. The Hall–Kier alpha value is -1.51. The van der Waals surface area contributed by atoms with Crippen molar-refractivity contribution in [2.45, 2.75) is 32.6 Å². The van der Waals surface area contributed by atoms with Crippen LogP contribution in [0.1, 0.15) is 38.2 Å². The maximum Gasteiger partial charge on any atom is 0.313 e. The highest BCUT2D eigenvalue weighted by Gasteiger charge is 2.20. The van der Waals surface area contributed by atoms with Gasteiger partial charge in [-0.1, -0.05) is 26.0 Å². The summed E-state index contributed by atoms with van der Waals surface area (Å²) in [6, 6.07) is 7.59. The summed E-state index contributed by atoms with van der Waals surface area (Å²) in [5.41, 5.74) is 0.952. The van der Waals surface area contributed by atoms with Gasteiger partial charge in [-0.2, -0.15) is 0 Å². The molecule has 0 spiro atoms. The molecule has 0 aliphatic rings. The maximum absolute atomic E-state index is 11.9. The number of rotatable bonds is 6. The number of benzene rings is 1. The summed E-state index contributed by atoms with van der Waals surface area (Å²) in [4.78, 5) is 11.9.